The zero-order chi connectivity index (χ0) is 14.1. The zero-order valence-electron chi connectivity index (χ0n) is 11.2. The van der Waals surface area contributed by atoms with Crippen molar-refractivity contribution < 1.29 is 19.7 Å². The summed E-state index contributed by atoms with van der Waals surface area (Å²) in [6, 6.07) is 5.19. The maximum atomic E-state index is 10.5. The molecule has 0 bridgehead atoms. The summed E-state index contributed by atoms with van der Waals surface area (Å²) in [5, 5.41) is 20.7. The number of ether oxygens (including phenoxy) is 1. The van der Waals surface area contributed by atoms with Gasteiger partial charge in [0.1, 0.15) is 11.5 Å². The van der Waals surface area contributed by atoms with Gasteiger partial charge in [-0.3, -0.25) is 0 Å². The molecule has 2 aliphatic carbocycles. The first-order valence-corrected chi connectivity index (χ1v) is 7.06. The smallest absolute Gasteiger partial charge is 0.404 e. The van der Waals surface area contributed by atoms with Crippen molar-refractivity contribution in [2.24, 2.45) is 11.8 Å². The third-order valence-electron chi connectivity index (χ3n) is 4.00. The van der Waals surface area contributed by atoms with Crippen LogP contribution in [0.5, 0.6) is 11.5 Å². The Hall–Kier alpha value is -1.91. The molecule has 3 N–H and O–H groups in total. The van der Waals surface area contributed by atoms with E-state index in [2.05, 4.69) is 5.32 Å². The van der Waals surface area contributed by atoms with Gasteiger partial charge in [0.15, 0.2) is 0 Å². The Morgan fingerprint density at radius 2 is 2.20 bits per heavy atom. The van der Waals surface area contributed by atoms with Gasteiger partial charge < -0.3 is 20.3 Å². The van der Waals surface area contributed by atoms with Crippen molar-refractivity contribution in [2.45, 2.75) is 25.2 Å². The molecule has 1 aromatic carbocycles. The van der Waals surface area contributed by atoms with Crippen LogP contribution in [0.25, 0.3) is 0 Å². The van der Waals surface area contributed by atoms with Crippen LogP contribution >= 0.6 is 0 Å². The molecule has 1 aromatic rings. The topological polar surface area (TPSA) is 78.8 Å². The molecule has 2 aliphatic rings. The lowest BCUT2D eigenvalue weighted by atomic mass is 10.1. The van der Waals surface area contributed by atoms with Crippen LogP contribution in [0.2, 0.25) is 0 Å². The van der Waals surface area contributed by atoms with Crippen LogP contribution in [-0.2, 0) is 0 Å². The summed E-state index contributed by atoms with van der Waals surface area (Å²) in [5.74, 6) is 2.33. The molecule has 0 heterocycles. The first-order chi connectivity index (χ1) is 9.63. The normalized spacial score (nSPS) is 24.2. The zero-order valence-corrected chi connectivity index (χ0v) is 11.2. The van der Waals surface area contributed by atoms with Crippen molar-refractivity contribution in [2.75, 3.05) is 13.2 Å². The summed E-state index contributed by atoms with van der Waals surface area (Å²) in [4.78, 5) is 10.5. The predicted octanol–water partition coefficient (Wildman–Crippen LogP) is 2.55. The van der Waals surface area contributed by atoms with E-state index in [-0.39, 0.29) is 11.7 Å². The summed E-state index contributed by atoms with van der Waals surface area (Å²) in [7, 11) is 0. The highest BCUT2D eigenvalue weighted by molar-refractivity contribution is 5.64. The maximum absolute atomic E-state index is 10.5. The minimum absolute atomic E-state index is 0.232. The van der Waals surface area contributed by atoms with Crippen LogP contribution < -0.4 is 10.1 Å². The molecule has 2 atom stereocenters. The van der Waals surface area contributed by atoms with E-state index in [9.17, 15) is 9.90 Å². The van der Waals surface area contributed by atoms with Crippen LogP contribution in [0.15, 0.2) is 18.2 Å². The van der Waals surface area contributed by atoms with Gasteiger partial charge in [-0.1, -0.05) is 0 Å². The van der Waals surface area contributed by atoms with Gasteiger partial charge in [-0.2, -0.15) is 0 Å². The lowest BCUT2D eigenvalue weighted by molar-refractivity contribution is 0.194. The van der Waals surface area contributed by atoms with Crippen LogP contribution in [0, 0.1) is 11.8 Å². The van der Waals surface area contributed by atoms with Crippen molar-refractivity contribution in [3.8, 4) is 11.5 Å². The SMILES string of the molecule is O=C(O)NC[C@H]1C[C@@H]1c1cc(O)ccc1OCC1CC1. The fraction of sp³-hybridized carbons (Fsp3) is 0.533. The quantitative estimate of drug-likeness (QED) is 0.746. The van der Waals surface area contributed by atoms with E-state index in [1.165, 1.54) is 12.8 Å². The van der Waals surface area contributed by atoms with Gasteiger partial charge >= 0.3 is 6.09 Å². The largest absolute Gasteiger partial charge is 0.508 e. The molecule has 108 valence electrons. The number of rotatable bonds is 6. The van der Waals surface area contributed by atoms with Gasteiger partial charge in [0.2, 0.25) is 0 Å². The fourth-order valence-electron chi connectivity index (χ4n) is 2.52. The Balaban J connectivity index is 1.65. The Kier molecular flexibility index (Phi) is 3.42. The number of carbonyl (C=O) groups is 1. The molecule has 1 amide bonds. The second kappa shape index (κ2) is 5.23. The molecule has 2 fully saturated rings. The summed E-state index contributed by atoms with van der Waals surface area (Å²) in [5.41, 5.74) is 1.00. The van der Waals surface area contributed by atoms with Crippen molar-refractivity contribution in [3.63, 3.8) is 0 Å². The maximum Gasteiger partial charge on any atom is 0.404 e. The molecule has 5 heteroatoms. The predicted molar refractivity (Wildman–Crippen MR) is 73.2 cm³/mol. The van der Waals surface area contributed by atoms with Gasteiger partial charge in [-0.05, 0) is 55.2 Å². The number of phenols is 1. The highest BCUT2D eigenvalue weighted by Gasteiger charge is 2.40. The van der Waals surface area contributed by atoms with Gasteiger partial charge in [0, 0.05) is 12.1 Å². The molecule has 0 radical (unpaired) electrons. The Bertz CT molecular complexity index is 513. The second-order valence-electron chi connectivity index (χ2n) is 5.76. The van der Waals surface area contributed by atoms with Crippen molar-refractivity contribution in [1.29, 1.82) is 0 Å². The molecular weight excluding hydrogens is 258 g/mol. The molecule has 2 saturated carbocycles. The van der Waals surface area contributed by atoms with E-state index in [4.69, 9.17) is 9.84 Å². The van der Waals surface area contributed by atoms with E-state index in [0.717, 1.165) is 24.3 Å². The lowest BCUT2D eigenvalue weighted by Crippen LogP contribution is -2.23. The van der Waals surface area contributed by atoms with Gasteiger partial charge in [-0.15, -0.1) is 0 Å². The van der Waals surface area contributed by atoms with E-state index in [1.54, 1.807) is 12.1 Å². The molecule has 3 rings (SSSR count). The minimum atomic E-state index is -0.989. The number of amides is 1. The van der Waals surface area contributed by atoms with Crippen LogP contribution in [0.1, 0.15) is 30.7 Å². The molecule has 0 aromatic heterocycles. The number of hydrogen-bond donors (Lipinski definition) is 3. The van der Waals surface area contributed by atoms with Gasteiger partial charge in [0.25, 0.3) is 0 Å². The third kappa shape index (κ3) is 3.15. The summed E-state index contributed by atoms with van der Waals surface area (Å²) in [6.07, 6.45) is 2.42. The standard InChI is InChI=1S/C15H19NO4/c17-11-3-4-14(20-8-9-1-2-9)13(6-11)12-5-10(12)7-16-15(18)19/h3-4,6,9-10,12,16-17H,1-2,5,7-8H2,(H,18,19)/t10-,12+/m1/s1. The monoisotopic (exact) mass is 277 g/mol. The average molecular weight is 277 g/mol. The number of phenolic OH excluding ortho intramolecular Hbond substituents is 1. The molecule has 0 spiro atoms. The van der Waals surface area contributed by atoms with Crippen molar-refractivity contribution in [3.05, 3.63) is 23.8 Å². The number of nitrogens with one attached hydrogen (secondary N) is 1. The summed E-state index contributed by atoms with van der Waals surface area (Å²) < 4.78 is 5.84. The highest BCUT2D eigenvalue weighted by Crippen LogP contribution is 2.51. The molecule has 20 heavy (non-hydrogen) atoms. The number of hydrogen-bond acceptors (Lipinski definition) is 3. The fourth-order valence-corrected chi connectivity index (χ4v) is 2.52. The first-order valence-electron chi connectivity index (χ1n) is 7.06. The summed E-state index contributed by atoms with van der Waals surface area (Å²) in [6.45, 7) is 1.19. The van der Waals surface area contributed by atoms with Crippen molar-refractivity contribution in [1.82, 2.24) is 5.32 Å². The van der Waals surface area contributed by atoms with Crippen LogP contribution in [-0.4, -0.2) is 29.5 Å². The molecular formula is C15H19NO4. The number of benzene rings is 1. The highest BCUT2D eigenvalue weighted by atomic mass is 16.5. The van der Waals surface area contributed by atoms with E-state index in [0.29, 0.717) is 18.4 Å². The minimum Gasteiger partial charge on any atom is -0.508 e. The van der Waals surface area contributed by atoms with Gasteiger partial charge in [-0.25, -0.2) is 4.79 Å². The third-order valence-corrected chi connectivity index (χ3v) is 4.00. The number of aromatic hydroxyl groups is 1. The van der Waals surface area contributed by atoms with Gasteiger partial charge in [0.05, 0.1) is 6.61 Å². The van der Waals surface area contributed by atoms with E-state index >= 15 is 0 Å². The van der Waals surface area contributed by atoms with E-state index in [1.807, 2.05) is 6.07 Å². The average Bonchev–Trinajstić information content (AvgIpc) is 3.29. The van der Waals surface area contributed by atoms with Crippen molar-refractivity contribution >= 4 is 6.09 Å². The van der Waals surface area contributed by atoms with Crippen LogP contribution in [0.3, 0.4) is 0 Å². The number of carboxylic acid groups (broad SMARTS) is 1. The summed E-state index contributed by atoms with van der Waals surface area (Å²) >= 11 is 0. The Morgan fingerprint density at radius 3 is 2.90 bits per heavy atom. The first kappa shape index (κ1) is 13.1. The van der Waals surface area contributed by atoms with E-state index < -0.39 is 6.09 Å². The van der Waals surface area contributed by atoms with Crippen LogP contribution in [0.4, 0.5) is 4.79 Å². The molecule has 0 saturated heterocycles. The molecule has 0 aliphatic heterocycles. The molecule has 0 unspecified atom stereocenters. The lowest BCUT2D eigenvalue weighted by Gasteiger charge is -2.12. The Labute approximate surface area is 117 Å². The Morgan fingerprint density at radius 1 is 1.40 bits per heavy atom. The second-order valence-corrected chi connectivity index (χ2v) is 5.76. The molecule has 5 nitrogen and oxygen atoms in total.